The van der Waals surface area contributed by atoms with Crippen molar-refractivity contribution in [1.29, 1.82) is 0 Å². The third-order valence-electron chi connectivity index (χ3n) is 2.98. The Morgan fingerprint density at radius 2 is 2.00 bits per heavy atom. The lowest BCUT2D eigenvalue weighted by atomic mass is 10.0. The highest BCUT2D eigenvalue weighted by atomic mass is 35.5. The van der Waals surface area contributed by atoms with Gasteiger partial charge in [-0.2, -0.15) is 0 Å². The van der Waals surface area contributed by atoms with Gasteiger partial charge in [-0.15, -0.1) is 11.3 Å². The lowest BCUT2D eigenvalue weighted by Gasteiger charge is -2.18. The maximum atomic E-state index is 5.93. The molecule has 0 fully saturated rings. The smallest absolute Gasteiger partial charge is 0.0406 e. The van der Waals surface area contributed by atoms with Crippen LogP contribution in [0.3, 0.4) is 0 Å². The second kappa shape index (κ2) is 6.93. The maximum Gasteiger partial charge on any atom is 0.0406 e. The maximum absolute atomic E-state index is 5.93. The summed E-state index contributed by atoms with van der Waals surface area (Å²) in [6.45, 7) is 3.13. The summed E-state index contributed by atoms with van der Waals surface area (Å²) in [6, 6.07) is 12.9. The lowest BCUT2D eigenvalue weighted by molar-refractivity contribution is 0.517. The molecule has 0 aliphatic rings. The Morgan fingerprint density at radius 1 is 1.22 bits per heavy atom. The van der Waals surface area contributed by atoms with Crippen molar-refractivity contribution < 1.29 is 0 Å². The van der Waals surface area contributed by atoms with Crippen LogP contribution in [0.2, 0.25) is 5.02 Å². The van der Waals surface area contributed by atoms with Crippen molar-refractivity contribution in [3.63, 3.8) is 0 Å². The first-order valence-electron chi connectivity index (χ1n) is 6.31. The van der Waals surface area contributed by atoms with Gasteiger partial charge in [-0.1, -0.05) is 36.7 Å². The summed E-state index contributed by atoms with van der Waals surface area (Å²) >= 11 is 7.76. The molecule has 1 aromatic heterocycles. The molecule has 2 rings (SSSR count). The third kappa shape index (κ3) is 3.84. The summed E-state index contributed by atoms with van der Waals surface area (Å²) in [4.78, 5) is 1.45. The molecular formula is C15H18ClNS. The van der Waals surface area contributed by atoms with E-state index in [1.807, 2.05) is 23.5 Å². The van der Waals surface area contributed by atoms with Crippen LogP contribution in [0, 0.1) is 0 Å². The van der Waals surface area contributed by atoms with Gasteiger partial charge in [0.05, 0.1) is 0 Å². The van der Waals surface area contributed by atoms with Gasteiger partial charge in [0.1, 0.15) is 0 Å². The molecule has 1 N–H and O–H groups in total. The van der Waals surface area contributed by atoms with Gasteiger partial charge in [0.25, 0.3) is 0 Å². The average Bonchev–Trinajstić information content (AvgIpc) is 2.89. The molecule has 1 nitrogen and oxygen atoms in total. The van der Waals surface area contributed by atoms with E-state index in [9.17, 15) is 0 Å². The zero-order chi connectivity index (χ0) is 12.8. The predicted molar refractivity (Wildman–Crippen MR) is 80.5 cm³/mol. The lowest BCUT2D eigenvalue weighted by Crippen LogP contribution is -2.21. The summed E-state index contributed by atoms with van der Waals surface area (Å²) in [7, 11) is 0. The minimum Gasteiger partial charge on any atom is -0.310 e. The summed E-state index contributed by atoms with van der Waals surface area (Å²) in [5, 5.41) is 6.48. The monoisotopic (exact) mass is 279 g/mol. The van der Waals surface area contributed by atoms with Crippen LogP contribution in [-0.2, 0) is 6.42 Å². The number of hydrogen-bond donors (Lipinski definition) is 1. The number of halogens is 1. The van der Waals surface area contributed by atoms with Gasteiger partial charge in [-0.05, 0) is 48.5 Å². The number of benzene rings is 1. The fourth-order valence-electron chi connectivity index (χ4n) is 2.07. The third-order valence-corrected chi connectivity index (χ3v) is 4.17. The Balaban J connectivity index is 2.01. The summed E-state index contributed by atoms with van der Waals surface area (Å²) < 4.78 is 0. The zero-order valence-corrected chi connectivity index (χ0v) is 12.1. The van der Waals surface area contributed by atoms with Gasteiger partial charge in [-0.3, -0.25) is 0 Å². The van der Waals surface area contributed by atoms with Crippen molar-refractivity contribution >= 4 is 22.9 Å². The topological polar surface area (TPSA) is 12.0 Å². The number of aryl methyl sites for hydroxylation is 1. The fourth-order valence-corrected chi connectivity index (χ4v) is 2.92. The Bertz CT molecular complexity index is 450. The molecule has 96 valence electrons. The minimum atomic E-state index is 0.411. The number of hydrogen-bond acceptors (Lipinski definition) is 2. The second-order valence-corrected chi connectivity index (χ2v) is 5.75. The number of nitrogens with one attached hydrogen (secondary N) is 1. The van der Waals surface area contributed by atoms with E-state index >= 15 is 0 Å². The largest absolute Gasteiger partial charge is 0.310 e. The molecule has 0 aliphatic carbocycles. The van der Waals surface area contributed by atoms with Crippen molar-refractivity contribution in [3.8, 4) is 0 Å². The average molecular weight is 280 g/mol. The van der Waals surface area contributed by atoms with Gasteiger partial charge in [-0.25, -0.2) is 0 Å². The molecule has 1 aromatic carbocycles. The second-order valence-electron chi connectivity index (χ2n) is 4.28. The van der Waals surface area contributed by atoms with Gasteiger partial charge in [0.15, 0.2) is 0 Å². The van der Waals surface area contributed by atoms with Gasteiger partial charge in [0.2, 0.25) is 0 Å². The fraction of sp³-hybridized carbons (Fsp3) is 0.333. The molecule has 0 radical (unpaired) electrons. The van der Waals surface area contributed by atoms with Crippen molar-refractivity contribution in [2.24, 2.45) is 0 Å². The quantitative estimate of drug-likeness (QED) is 0.809. The normalized spacial score (nSPS) is 12.6. The molecule has 18 heavy (non-hydrogen) atoms. The standard InChI is InChI=1S/C15H18ClNS/c1-2-17-15(10-9-14-4-3-11-18-14)12-5-7-13(16)8-6-12/h3-8,11,15,17H,2,9-10H2,1H3. The first-order chi connectivity index (χ1) is 8.79. The van der Waals surface area contributed by atoms with Crippen LogP contribution in [0.1, 0.15) is 29.8 Å². The van der Waals surface area contributed by atoms with Crippen LogP contribution < -0.4 is 5.32 Å². The summed E-state index contributed by atoms with van der Waals surface area (Å²) in [5.41, 5.74) is 1.32. The van der Waals surface area contributed by atoms with E-state index in [1.165, 1.54) is 10.4 Å². The number of thiophene rings is 1. The van der Waals surface area contributed by atoms with E-state index in [-0.39, 0.29) is 0 Å². The summed E-state index contributed by atoms with van der Waals surface area (Å²) in [6.07, 6.45) is 2.24. The molecule has 1 heterocycles. The van der Waals surface area contributed by atoms with E-state index in [0.29, 0.717) is 6.04 Å². The molecule has 0 spiro atoms. The highest BCUT2D eigenvalue weighted by molar-refractivity contribution is 7.09. The Hall–Kier alpha value is -0.830. The molecule has 0 aliphatic heterocycles. The first-order valence-corrected chi connectivity index (χ1v) is 7.56. The van der Waals surface area contributed by atoms with Gasteiger partial charge >= 0.3 is 0 Å². The molecule has 0 saturated carbocycles. The Morgan fingerprint density at radius 3 is 2.61 bits per heavy atom. The van der Waals surface area contributed by atoms with Crippen molar-refractivity contribution in [3.05, 3.63) is 57.2 Å². The van der Waals surface area contributed by atoms with Crippen LogP contribution in [0.5, 0.6) is 0 Å². The van der Waals surface area contributed by atoms with E-state index in [0.717, 1.165) is 24.4 Å². The minimum absolute atomic E-state index is 0.411. The van der Waals surface area contributed by atoms with Gasteiger partial charge < -0.3 is 5.32 Å². The predicted octanol–water partition coefficient (Wildman–Crippen LogP) is 4.68. The van der Waals surface area contributed by atoms with Crippen molar-refractivity contribution in [2.45, 2.75) is 25.8 Å². The molecule has 1 atom stereocenters. The highest BCUT2D eigenvalue weighted by Crippen LogP contribution is 2.22. The molecule has 0 saturated heterocycles. The van der Waals surface area contributed by atoms with E-state index in [1.54, 1.807) is 0 Å². The molecule has 3 heteroatoms. The van der Waals surface area contributed by atoms with E-state index in [2.05, 4.69) is 41.9 Å². The van der Waals surface area contributed by atoms with Crippen molar-refractivity contribution in [2.75, 3.05) is 6.54 Å². The highest BCUT2D eigenvalue weighted by Gasteiger charge is 2.10. The Kier molecular flexibility index (Phi) is 5.24. The van der Waals surface area contributed by atoms with Crippen LogP contribution >= 0.6 is 22.9 Å². The van der Waals surface area contributed by atoms with Crippen molar-refractivity contribution in [1.82, 2.24) is 5.32 Å². The van der Waals surface area contributed by atoms with Crippen LogP contribution in [0.25, 0.3) is 0 Å². The molecule has 0 amide bonds. The first kappa shape index (κ1) is 13.6. The van der Waals surface area contributed by atoms with Crippen LogP contribution in [0.15, 0.2) is 41.8 Å². The SMILES string of the molecule is CCNC(CCc1cccs1)c1ccc(Cl)cc1. The molecule has 2 aromatic rings. The van der Waals surface area contributed by atoms with Gasteiger partial charge in [0, 0.05) is 15.9 Å². The number of rotatable bonds is 6. The molecular weight excluding hydrogens is 262 g/mol. The molecule has 0 bridgehead atoms. The van der Waals surface area contributed by atoms with E-state index in [4.69, 9.17) is 11.6 Å². The Labute approximate surface area is 118 Å². The summed E-state index contributed by atoms with van der Waals surface area (Å²) in [5.74, 6) is 0. The van der Waals surface area contributed by atoms with E-state index < -0.39 is 0 Å². The van der Waals surface area contributed by atoms with Crippen LogP contribution in [-0.4, -0.2) is 6.54 Å². The zero-order valence-electron chi connectivity index (χ0n) is 10.5. The van der Waals surface area contributed by atoms with Crippen LogP contribution in [0.4, 0.5) is 0 Å². The molecule has 1 unspecified atom stereocenters.